The highest BCUT2D eigenvalue weighted by molar-refractivity contribution is 5.14. The fourth-order valence-corrected chi connectivity index (χ4v) is 2.58. The van der Waals surface area contributed by atoms with Crippen LogP contribution in [0.5, 0.6) is 0 Å². The molecule has 1 fully saturated rings. The molecule has 2 atom stereocenters. The molecule has 0 bridgehead atoms. The van der Waals surface area contributed by atoms with Crippen molar-refractivity contribution in [2.24, 2.45) is 5.92 Å². The number of piperazine rings is 1. The van der Waals surface area contributed by atoms with Crippen molar-refractivity contribution in [1.82, 2.24) is 10.2 Å². The van der Waals surface area contributed by atoms with Gasteiger partial charge in [-0.1, -0.05) is 44.2 Å². The molecule has 1 aliphatic rings. The van der Waals surface area contributed by atoms with Crippen LogP contribution in [0.25, 0.3) is 0 Å². The molecule has 2 nitrogen and oxygen atoms in total. The van der Waals surface area contributed by atoms with Gasteiger partial charge in [0.2, 0.25) is 0 Å². The highest BCUT2D eigenvalue weighted by Gasteiger charge is 2.25. The van der Waals surface area contributed by atoms with Crippen molar-refractivity contribution >= 4 is 0 Å². The van der Waals surface area contributed by atoms with Gasteiger partial charge in [0.05, 0.1) is 0 Å². The van der Waals surface area contributed by atoms with Gasteiger partial charge in [-0.05, 0) is 18.4 Å². The minimum Gasteiger partial charge on any atom is -0.309 e. The number of rotatable bonds is 3. The molecule has 1 aromatic carbocycles. The van der Waals surface area contributed by atoms with E-state index in [9.17, 15) is 0 Å². The van der Waals surface area contributed by atoms with Crippen LogP contribution in [-0.2, 0) is 6.54 Å². The molecule has 0 radical (unpaired) electrons. The number of hydrogen-bond donors (Lipinski definition) is 1. The van der Waals surface area contributed by atoms with E-state index in [1.807, 2.05) is 0 Å². The Hall–Kier alpha value is -0.860. The number of nitrogens with one attached hydrogen (secondary N) is 1. The van der Waals surface area contributed by atoms with E-state index < -0.39 is 0 Å². The van der Waals surface area contributed by atoms with Crippen molar-refractivity contribution in [3.8, 4) is 0 Å². The van der Waals surface area contributed by atoms with E-state index in [4.69, 9.17) is 0 Å². The molecule has 1 aliphatic heterocycles. The van der Waals surface area contributed by atoms with Gasteiger partial charge < -0.3 is 5.32 Å². The van der Waals surface area contributed by atoms with Gasteiger partial charge in [0.25, 0.3) is 0 Å². The van der Waals surface area contributed by atoms with Crippen LogP contribution in [0.4, 0.5) is 0 Å². The number of benzene rings is 1. The van der Waals surface area contributed by atoms with E-state index >= 15 is 0 Å². The zero-order chi connectivity index (χ0) is 12.3. The van der Waals surface area contributed by atoms with Gasteiger partial charge >= 0.3 is 0 Å². The number of nitrogens with zero attached hydrogens (tertiary/aromatic N) is 1. The van der Waals surface area contributed by atoms with Crippen LogP contribution in [0.15, 0.2) is 30.3 Å². The molecular formula is C15H24N2. The summed E-state index contributed by atoms with van der Waals surface area (Å²) in [7, 11) is 0. The summed E-state index contributed by atoms with van der Waals surface area (Å²) in [4.78, 5) is 2.57. The summed E-state index contributed by atoms with van der Waals surface area (Å²) < 4.78 is 0. The quantitative estimate of drug-likeness (QED) is 0.861. The molecule has 94 valence electrons. The summed E-state index contributed by atoms with van der Waals surface area (Å²) in [6, 6.07) is 12.0. The fourth-order valence-electron chi connectivity index (χ4n) is 2.58. The van der Waals surface area contributed by atoms with Crippen molar-refractivity contribution in [2.75, 3.05) is 13.1 Å². The molecule has 1 saturated heterocycles. The van der Waals surface area contributed by atoms with Crippen molar-refractivity contribution < 1.29 is 0 Å². The Balaban J connectivity index is 1.96. The van der Waals surface area contributed by atoms with E-state index in [0.29, 0.717) is 18.0 Å². The molecule has 0 aromatic heterocycles. The maximum absolute atomic E-state index is 3.69. The third-order valence-corrected chi connectivity index (χ3v) is 3.54. The summed E-state index contributed by atoms with van der Waals surface area (Å²) in [6.07, 6.45) is 0. The van der Waals surface area contributed by atoms with Gasteiger partial charge in [0, 0.05) is 31.7 Å². The van der Waals surface area contributed by atoms with Gasteiger partial charge in [0.1, 0.15) is 0 Å². The Bertz CT molecular complexity index is 334. The Morgan fingerprint density at radius 1 is 1.24 bits per heavy atom. The normalized spacial score (nSPS) is 26.4. The molecule has 1 aromatic rings. The third-order valence-electron chi connectivity index (χ3n) is 3.54. The topological polar surface area (TPSA) is 15.3 Å². The lowest BCUT2D eigenvalue weighted by Gasteiger charge is -2.39. The van der Waals surface area contributed by atoms with Crippen LogP contribution >= 0.6 is 0 Å². The van der Waals surface area contributed by atoms with Gasteiger partial charge in [-0.25, -0.2) is 0 Å². The van der Waals surface area contributed by atoms with Crippen molar-refractivity contribution in [3.63, 3.8) is 0 Å². The summed E-state index contributed by atoms with van der Waals surface area (Å²) in [5.74, 6) is 0.705. The first-order chi connectivity index (χ1) is 8.15. The van der Waals surface area contributed by atoms with E-state index in [2.05, 4.69) is 61.3 Å². The smallest absolute Gasteiger partial charge is 0.0235 e. The predicted molar refractivity (Wildman–Crippen MR) is 72.9 cm³/mol. The minimum atomic E-state index is 0.597. The first-order valence-corrected chi connectivity index (χ1v) is 6.67. The van der Waals surface area contributed by atoms with Crippen LogP contribution in [0, 0.1) is 5.92 Å². The second-order valence-corrected chi connectivity index (χ2v) is 5.60. The molecule has 0 saturated carbocycles. The monoisotopic (exact) mass is 232 g/mol. The number of hydrogen-bond acceptors (Lipinski definition) is 2. The van der Waals surface area contributed by atoms with Gasteiger partial charge in [0.15, 0.2) is 0 Å². The Kier molecular flexibility index (Phi) is 4.19. The fraction of sp³-hybridized carbons (Fsp3) is 0.600. The second kappa shape index (κ2) is 5.65. The highest BCUT2D eigenvalue weighted by Crippen LogP contribution is 2.14. The molecule has 2 rings (SSSR count). The van der Waals surface area contributed by atoms with E-state index in [0.717, 1.165) is 19.6 Å². The van der Waals surface area contributed by atoms with Gasteiger partial charge in [-0.3, -0.25) is 4.90 Å². The standard InChI is InChI=1S/C15H24N2/c1-12(2)15-11-17(9-13(3)16-15)10-14-7-5-4-6-8-14/h4-8,12-13,15-16H,9-11H2,1-3H3/t13-,15+/m1/s1. The van der Waals surface area contributed by atoms with Crippen LogP contribution in [0.1, 0.15) is 26.3 Å². The molecule has 0 aliphatic carbocycles. The van der Waals surface area contributed by atoms with Gasteiger partial charge in [-0.15, -0.1) is 0 Å². The summed E-state index contributed by atoms with van der Waals surface area (Å²) in [5, 5.41) is 3.69. The maximum atomic E-state index is 3.69. The van der Waals surface area contributed by atoms with Crippen molar-refractivity contribution in [1.29, 1.82) is 0 Å². The average Bonchev–Trinajstić information content (AvgIpc) is 2.29. The van der Waals surface area contributed by atoms with E-state index in [-0.39, 0.29) is 0 Å². The predicted octanol–water partition coefficient (Wildman–Crippen LogP) is 2.50. The first-order valence-electron chi connectivity index (χ1n) is 6.67. The van der Waals surface area contributed by atoms with Crippen LogP contribution < -0.4 is 5.32 Å². The van der Waals surface area contributed by atoms with Crippen molar-refractivity contribution in [3.05, 3.63) is 35.9 Å². The SMILES string of the molecule is CC(C)[C@@H]1CN(Cc2ccccc2)C[C@@H](C)N1. The Morgan fingerprint density at radius 2 is 1.94 bits per heavy atom. The largest absolute Gasteiger partial charge is 0.309 e. The molecule has 2 heteroatoms. The molecule has 0 unspecified atom stereocenters. The molecule has 0 spiro atoms. The van der Waals surface area contributed by atoms with Crippen LogP contribution in [0.2, 0.25) is 0 Å². The Labute approximate surface area is 105 Å². The zero-order valence-corrected chi connectivity index (χ0v) is 11.2. The minimum absolute atomic E-state index is 0.597. The summed E-state index contributed by atoms with van der Waals surface area (Å²) >= 11 is 0. The van der Waals surface area contributed by atoms with E-state index in [1.165, 1.54) is 5.56 Å². The third kappa shape index (κ3) is 3.55. The zero-order valence-electron chi connectivity index (χ0n) is 11.2. The average molecular weight is 232 g/mol. The maximum Gasteiger partial charge on any atom is 0.0235 e. The molecule has 17 heavy (non-hydrogen) atoms. The Morgan fingerprint density at radius 3 is 2.59 bits per heavy atom. The molecule has 1 N–H and O–H groups in total. The first kappa shape index (κ1) is 12.6. The van der Waals surface area contributed by atoms with Crippen LogP contribution in [-0.4, -0.2) is 30.1 Å². The van der Waals surface area contributed by atoms with Gasteiger partial charge in [-0.2, -0.15) is 0 Å². The summed E-state index contributed by atoms with van der Waals surface area (Å²) in [5.41, 5.74) is 1.42. The van der Waals surface area contributed by atoms with E-state index in [1.54, 1.807) is 0 Å². The molecular weight excluding hydrogens is 208 g/mol. The lowest BCUT2D eigenvalue weighted by Crippen LogP contribution is -2.56. The lowest BCUT2D eigenvalue weighted by molar-refractivity contribution is 0.138. The van der Waals surface area contributed by atoms with Crippen molar-refractivity contribution in [2.45, 2.75) is 39.4 Å². The molecule has 1 heterocycles. The molecule has 0 amide bonds. The summed E-state index contributed by atoms with van der Waals surface area (Å²) in [6.45, 7) is 10.3. The highest BCUT2D eigenvalue weighted by atomic mass is 15.2. The van der Waals surface area contributed by atoms with Crippen LogP contribution in [0.3, 0.4) is 0 Å². The lowest BCUT2D eigenvalue weighted by atomic mass is 9.99. The second-order valence-electron chi connectivity index (χ2n) is 5.60.